The van der Waals surface area contributed by atoms with Crippen molar-refractivity contribution in [3.8, 4) is 0 Å². The molecular formula is C30H20Cl6O2S. The number of hydrogen-bond donors (Lipinski definition) is 0. The van der Waals surface area contributed by atoms with Crippen LogP contribution in [0.1, 0.15) is 32.8 Å². The molecule has 0 fully saturated rings. The van der Waals surface area contributed by atoms with E-state index in [1.165, 1.54) is 12.1 Å². The number of hydrogen-bond acceptors (Lipinski definition) is 2. The molecule has 4 rings (SSSR count). The fourth-order valence-corrected chi connectivity index (χ4v) is 7.41. The Balaban J connectivity index is 1.88. The molecule has 2 atom stereocenters. The summed E-state index contributed by atoms with van der Waals surface area (Å²) >= 11 is 37.4. The Labute approximate surface area is 258 Å². The van der Waals surface area contributed by atoms with Crippen LogP contribution in [0.25, 0.3) is 12.2 Å². The molecule has 0 N–H and O–H groups in total. The van der Waals surface area contributed by atoms with Gasteiger partial charge in [0.25, 0.3) is 0 Å². The molecule has 2 nitrogen and oxygen atoms in total. The number of rotatable bonds is 8. The molecule has 0 amide bonds. The Kier molecular flexibility index (Phi) is 10.1. The lowest BCUT2D eigenvalue weighted by Gasteiger charge is -2.23. The van der Waals surface area contributed by atoms with E-state index >= 15 is 0 Å². The lowest BCUT2D eigenvalue weighted by atomic mass is 10.1. The van der Waals surface area contributed by atoms with Crippen LogP contribution in [0.4, 0.5) is 0 Å². The molecule has 0 radical (unpaired) electrons. The maximum absolute atomic E-state index is 14.5. The van der Waals surface area contributed by atoms with E-state index < -0.39 is 20.3 Å². The van der Waals surface area contributed by atoms with Crippen molar-refractivity contribution in [2.24, 2.45) is 0 Å². The predicted molar refractivity (Wildman–Crippen MR) is 168 cm³/mol. The van der Waals surface area contributed by atoms with Crippen molar-refractivity contribution in [2.75, 3.05) is 0 Å². The molecule has 200 valence electrons. The highest BCUT2D eigenvalue weighted by Gasteiger charge is 2.35. The lowest BCUT2D eigenvalue weighted by molar-refractivity contribution is 0.584. The number of benzene rings is 4. The molecule has 39 heavy (non-hydrogen) atoms. The molecule has 0 aliphatic rings. The molecule has 0 aliphatic carbocycles. The van der Waals surface area contributed by atoms with E-state index in [9.17, 15) is 8.42 Å². The topological polar surface area (TPSA) is 34.1 Å². The monoisotopic (exact) mass is 654 g/mol. The summed E-state index contributed by atoms with van der Waals surface area (Å²) in [4.78, 5) is 0. The summed E-state index contributed by atoms with van der Waals surface area (Å²) in [5.41, 5.74) is 2.28. The van der Waals surface area contributed by atoms with Gasteiger partial charge in [-0.05, 0) is 70.8 Å². The van der Waals surface area contributed by atoms with Crippen LogP contribution in [0.3, 0.4) is 0 Å². The molecule has 0 aromatic heterocycles. The first kappa shape index (κ1) is 30.0. The minimum absolute atomic E-state index is 0.222. The highest BCUT2D eigenvalue weighted by atomic mass is 35.5. The van der Waals surface area contributed by atoms with Crippen LogP contribution in [0.2, 0.25) is 30.1 Å². The van der Waals surface area contributed by atoms with Gasteiger partial charge < -0.3 is 0 Å². The molecule has 0 saturated heterocycles. The van der Waals surface area contributed by atoms with Crippen molar-refractivity contribution >= 4 is 91.6 Å². The minimum Gasteiger partial charge on any atom is -0.227 e. The van der Waals surface area contributed by atoms with Crippen LogP contribution in [0, 0.1) is 0 Å². The van der Waals surface area contributed by atoms with Crippen molar-refractivity contribution in [3.63, 3.8) is 0 Å². The van der Waals surface area contributed by atoms with Crippen molar-refractivity contribution in [3.05, 3.63) is 149 Å². The van der Waals surface area contributed by atoms with E-state index in [0.717, 1.165) is 11.1 Å². The van der Waals surface area contributed by atoms with Gasteiger partial charge in [0.15, 0.2) is 9.84 Å². The fraction of sp³-hybridized carbons (Fsp3) is 0.0667. The second kappa shape index (κ2) is 13.1. The summed E-state index contributed by atoms with van der Waals surface area (Å²) in [5.74, 6) is 0. The molecule has 0 bridgehead atoms. The second-order valence-corrected chi connectivity index (χ2v) is 13.3. The smallest absolute Gasteiger partial charge is 0.171 e. The molecular weight excluding hydrogens is 637 g/mol. The quantitative estimate of drug-likeness (QED) is 0.189. The average Bonchev–Trinajstić information content (AvgIpc) is 2.88. The van der Waals surface area contributed by atoms with E-state index in [2.05, 4.69) is 0 Å². The van der Waals surface area contributed by atoms with Gasteiger partial charge in [-0.25, -0.2) is 8.42 Å². The maximum Gasteiger partial charge on any atom is 0.171 e. The van der Waals surface area contributed by atoms with E-state index in [-0.39, 0.29) is 10.0 Å². The second-order valence-electron chi connectivity index (χ2n) is 8.58. The Bertz CT molecular complexity index is 1510. The van der Waals surface area contributed by atoms with Gasteiger partial charge in [-0.3, -0.25) is 0 Å². The molecule has 4 aromatic rings. The molecule has 9 heteroatoms. The molecule has 0 aliphatic heterocycles. The van der Waals surface area contributed by atoms with Crippen molar-refractivity contribution in [2.45, 2.75) is 10.5 Å². The van der Waals surface area contributed by atoms with Crippen molar-refractivity contribution < 1.29 is 8.42 Å². The number of sulfone groups is 1. The number of halogens is 6. The summed E-state index contributed by atoms with van der Waals surface area (Å²) in [6.07, 6.45) is 6.63. The first-order valence-corrected chi connectivity index (χ1v) is 15.4. The average molecular weight is 657 g/mol. The van der Waals surface area contributed by atoms with Gasteiger partial charge in [-0.15, -0.1) is 0 Å². The third-order valence-corrected chi connectivity index (χ3v) is 9.78. The Hall–Kier alpha value is -1.95. The molecule has 4 aromatic carbocycles. The lowest BCUT2D eigenvalue weighted by Crippen LogP contribution is -2.19. The van der Waals surface area contributed by atoms with Gasteiger partial charge in [0.1, 0.15) is 10.5 Å². The van der Waals surface area contributed by atoms with E-state index in [1.807, 2.05) is 0 Å². The van der Waals surface area contributed by atoms with E-state index in [1.54, 1.807) is 97.1 Å². The largest absolute Gasteiger partial charge is 0.227 e. The zero-order chi connectivity index (χ0) is 28.2. The summed E-state index contributed by atoms with van der Waals surface area (Å²) in [7, 11) is -4.08. The Morgan fingerprint density at radius 3 is 1.15 bits per heavy atom. The van der Waals surface area contributed by atoms with Gasteiger partial charge in [0.2, 0.25) is 0 Å². The zero-order valence-electron chi connectivity index (χ0n) is 20.0. The Morgan fingerprint density at radius 1 is 0.487 bits per heavy atom. The van der Waals surface area contributed by atoms with Crippen LogP contribution >= 0.6 is 69.6 Å². The van der Waals surface area contributed by atoms with Crippen molar-refractivity contribution in [1.29, 1.82) is 0 Å². The first-order chi connectivity index (χ1) is 18.5. The first-order valence-electron chi connectivity index (χ1n) is 11.5. The third-order valence-electron chi connectivity index (χ3n) is 5.91. The summed E-state index contributed by atoms with van der Waals surface area (Å²) < 4.78 is 29.1. The van der Waals surface area contributed by atoms with Crippen LogP contribution in [0.5, 0.6) is 0 Å². The van der Waals surface area contributed by atoms with E-state index in [4.69, 9.17) is 69.6 Å². The Morgan fingerprint density at radius 2 is 0.821 bits per heavy atom. The maximum atomic E-state index is 14.5. The molecule has 0 heterocycles. The van der Waals surface area contributed by atoms with Gasteiger partial charge in [0.05, 0.1) is 0 Å². The summed E-state index contributed by atoms with van der Waals surface area (Å²) in [6.45, 7) is 0. The zero-order valence-corrected chi connectivity index (χ0v) is 25.4. The van der Waals surface area contributed by atoms with Gasteiger partial charge in [-0.1, -0.05) is 130 Å². The van der Waals surface area contributed by atoms with Gasteiger partial charge in [-0.2, -0.15) is 0 Å². The van der Waals surface area contributed by atoms with Crippen LogP contribution < -0.4 is 0 Å². The van der Waals surface area contributed by atoms with Gasteiger partial charge in [0, 0.05) is 30.1 Å². The molecule has 0 saturated carbocycles. The standard InChI is InChI=1S/C30H20Cl6O2S/c31-21-7-1-19(2-8-21)5-15-29(25-13-11-23(33)17-27(25)35)39(37,38)30(26-14-12-24(34)18-28(26)36)16-6-20-3-9-22(32)10-4-20/h1-18,29-30H/b15-5+,16-6+. The van der Waals surface area contributed by atoms with Gasteiger partial charge >= 0.3 is 0 Å². The van der Waals surface area contributed by atoms with Crippen LogP contribution in [0.15, 0.2) is 97.1 Å². The molecule has 0 spiro atoms. The normalized spacial score (nSPS) is 13.7. The highest BCUT2D eigenvalue weighted by Crippen LogP contribution is 2.42. The minimum atomic E-state index is -4.08. The predicted octanol–water partition coefficient (Wildman–Crippen LogP) is 11.2. The van der Waals surface area contributed by atoms with E-state index in [0.29, 0.717) is 31.2 Å². The van der Waals surface area contributed by atoms with Crippen molar-refractivity contribution in [1.82, 2.24) is 0 Å². The fourth-order valence-electron chi connectivity index (χ4n) is 3.95. The highest BCUT2D eigenvalue weighted by molar-refractivity contribution is 7.92. The summed E-state index contributed by atoms with van der Waals surface area (Å²) in [5, 5.41) is 0.0692. The SMILES string of the molecule is O=S(=O)(C(/C=C/c1ccc(Cl)cc1)c1ccc(Cl)cc1Cl)C(/C=C/c1ccc(Cl)cc1)c1ccc(Cl)cc1Cl. The van der Waals surface area contributed by atoms with Crippen LogP contribution in [-0.2, 0) is 9.84 Å². The summed E-state index contributed by atoms with van der Waals surface area (Å²) in [6, 6.07) is 23.6. The molecule has 2 unspecified atom stereocenters. The third kappa shape index (κ3) is 7.62. The van der Waals surface area contributed by atoms with Crippen LogP contribution in [-0.4, -0.2) is 8.42 Å².